The van der Waals surface area contributed by atoms with E-state index in [2.05, 4.69) is 12.2 Å². The van der Waals surface area contributed by atoms with Gasteiger partial charge in [-0.15, -0.1) is 0 Å². The molecule has 4 unspecified atom stereocenters. The maximum Gasteiger partial charge on any atom is 0.276 e. The van der Waals surface area contributed by atoms with E-state index in [-0.39, 0.29) is 35.5 Å². The number of ether oxygens (including phenoxy) is 1. The largest absolute Gasteiger partial charge is 0.503 e. The Morgan fingerprint density at radius 1 is 1.26 bits per heavy atom. The third kappa shape index (κ3) is 2.87. The van der Waals surface area contributed by atoms with Crippen molar-refractivity contribution in [2.75, 3.05) is 0 Å². The van der Waals surface area contributed by atoms with E-state index in [4.69, 9.17) is 4.74 Å². The van der Waals surface area contributed by atoms with Crippen LogP contribution in [0, 0.1) is 29.4 Å². The topological polar surface area (TPSA) is 101 Å². The number of nitrogens with zero attached hydrogens (tertiary/aromatic N) is 2. The number of carbonyl (C=O) groups excluding carboxylic acids is 2. The van der Waals surface area contributed by atoms with E-state index < -0.39 is 46.9 Å². The molecule has 7 atom stereocenters. The van der Waals surface area contributed by atoms with Crippen molar-refractivity contribution >= 4 is 11.8 Å². The van der Waals surface area contributed by atoms with Gasteiger partial charge in [-0.3, -0.25) is 14.4 Å². The second-order valence-corrected chi connectivity index (χ2v) is 9.74. The smallest absolute Gasteiger partial charge is 0.276 e. The summed E-state index contributed by atoms with van der Waals surface area (Å²) < 4.78 is 34.9. The van der Waals surface area contributed by atoms with Gasteiger partial charge in [0.25, 0.3) is 11.8 Å². The van der Waals surface area contributed by atoms with Gasteiger partial charge in [0.05, 0.1) is 18.7 Å². The zero-order valence-electron chi connectivity index (χ0n) is 18.5. The van der Waals surface area contributed by atoms with Crippen molar-refractivity contribution in [3.63, 3.8) is 0 Å². The van der Waals surface area contributed by atoms with Gasteiger partial charge in [-0.2, -0.15) is 0 Å². The molecule has 1 aromatic carbocycles. The van der Waals surface area contributed by atoms with E-state index >= 15 is 0 Å². The molecule has 10 heteroatoms. The Morgan fingerprint density at radius 3 is 2.76 bits per heavy atom. The summed E-state index contributed by atoms with van der Waals surface area (Å²) in [4.78, 5) is 40.7. The number of fused-ring (bicyclic) bond motifs is 8. The predicted molar refractivity (Wildman–Crippen MR) is 114 cm³/mol. The highest BCUT2D eigenvalue weighted by molar-refractivity contribution is 5.99. The van der Waals surface area contributed by atoms with Crippen molar-refractivity contribution in [3.8, 4) is 5.75 Å². The highest BCUT2D eigenvalue weighted by atomic mass is 19.1. The Morgan fingerprint density at radius 2 is 2.03 bits per heavy atom. The summed E-state index contributed by atoms with van der Waals surface area (Å²) in [6.45, 7) is 3.81. The molecule has 0 radical (unpaired) electrons. The molecule has 0 spiro atoms. The molecule has 2 amide bonds. The molecule has 1 saturated heterocycles. The lowest BCUT2D eigenvalue weighted by Gasteiger charge is -2.46. The van der Waals surface area contributed by atoms with Crippen molar-refractivity contribution < 1.29 is 28.2 Å². The molecule has 2 N–H and O–H groups in total. The molecule has 178 valence electrons. The van der Waals surface area contributed by atoms with Crippen LogP contribution in [0.2, 0.25) is 0 Å². The first-order valence-electron chi connectivity index (χ1n) is 11.4. The molecule has 6 rings (SSSR count). The van der Waals surface area contributed by atoms with Crippen LogP contribution < -0.4 is 10.7 Å². The molecule has 8 nitrogen and oxygen atoms in total. The number of nitrogens with one attached hydrogen (secondary N) is 1. The minimum absolute atomic E-state index is 0.0222. The van der Waals surface area contributed by atoms with Crippen LogP contribution in [0.25, 0.3) is 0 Å². The van der Waals surface area contributed by atoms with Crippen molar-refractivity contribution in [2.45, 2.75) is 51.2 Å². The summed E-state index contributed by atoms with van der Waals surface area (Å²) in [5.41, 5.74) is -1.48. The van der Waals surface area contributed by atoms with Gasteiger partial charge in [-0.1, -0.05) is 13.0 Å². The number of aromatic nitrogens is 1. The van der Waals surface area contributed by atoms with E-state index in [1.54, 1.807) is 4.90 Å². The van der Waals surface area contributed by atoms with Crippen molar-refractivity contribution in [2.24, 2.45) is 17.8 Å². The summed E-state index contributed by atoms with van der Waals surface area (Å²) in [6, 6.07) is 2.13. The van der Waals surface area contributed by atoms with Gasteiger partial charge >= 0.3 is 0 Å². The van der Waals surface area contributed by atoms with Crippen LogP contribution in [0.1, 0.15) is 52.7 Å². The summed E-state index contributed by atoms with van der Waals surface area (Å²) in [5.74, 6) is -2.43. The first-order chi connectivity index (χ1) is 16.2. The third-order valence-corrected chi connectivity index (χ3v) is 7.93. The third-order valence-electron chi connectivity index (χ3n) is 7.93. The first kappa shape index (κ1) is 21.3. The predicted octanol–water partition coefficient (Wildman–Crippen LogP) is 2.16. The molecule has 2 bridgehead atoms. The Bertz CT molecular complexity index is 1310. The maximum absolute atomic E-state index is 14.1. The van der Waals surface area contributed by atoms with Crippen molar-refractivity contribution in [1.82, 2.24) is 14.8 Å². The van der Waals surface area contributed by atoms with E-state index in [0.29, 0.717) is 23.8 Å². The number of carbonyl (C=O) groups is 2. The van der Waals surface area contributed by atoms with Crippen LogP contribution in [-0.4, -0.2) is 44.8 Å². The fraction of sp³-hybridized carbons (Fsp3) is 0.458. The molecule has 2 aromatic rings. The van der Waals surface area contributed by atoms with Crippen LogP contribution >= 0.6 is 0 Å². The van der Waals surface area contributed by atoms with E-state index in [1.807, 2.05) is 0 Å². The van der Waals surface area contributed by atoms with Crippen LogP contribution in [0.4, 0.5) is 8.78 Å². The number of benzene rings is 1. The Hall–Kier alpha value is -3.27. The summed E-state index contributed by atoms with van der Waals surface area (Å²) >= 11 is 0. The van der Waals surface area contributed by atoms with Gasteiger partial charge in [-0.05, 0) is 37.2 Å². The summed E-state index contributed by atoms with van der Waals surface area (Å²) in [5, 5.41) is 13.2. The van der Waals surface area contributed by atoms with Gasteiger partial charge < -0.3 is 24.6 Å². The normalized spacial score (nSPS) is 31.4. The number of amides is 2. The van der Waals surface area contributed by atoms with Crippen LogP contribution in [0.3, 0.4) is 0 Å². The monoisotopic (exact) mass is 471 g/mol. The average Bonchev–Trinajstić information content (AvgIpc) is 3.35. The van der Waals surface area contributed by atoms with Crippen molar-refractivity contribution in [3.05, 3.63) is 63.1 Å². The SMILES string of the molecule is CC1C2C3C[C@H](C12)N1C(=O)c2c(O)c(=O)c(C(=O)N[C@H](C)c4ccc(F)cc4F)cn2C[C@@H]1O3. The lowest BCUT2D eigenvalue weighted by molar-refractivity contribution is -0.147. The molecular formula is C24H23F2N3O5. The summed E-state index contributed by atoms with van der Waals surface area (Å²) in [6.07, 6.45) is 1.54. The highest BCUT2D eigenvalue weighted by Crippen LogP contribution is 2.62. The van der Waals surface area contributed by atoms with Crippen LogP contribution in [0.5, 0.6) is 5.75 Å². The van der Waals surface area contributed by atoms with Gasteiger partial charge in [-0.25, -0.2) is 8.78 Å². The van der Waals surface area contributed by atoms with E-state index in [1.165, 1.54) is 23.8 Å². The fourth-order valence-electron chi connectivity index (χ4n) is 6.29. The second-order valence-electron chi connectivity index (χ2n) is 9.74. The van der Waals surface area contributed by atoms with Crippen LogP contribution in [-0.2, 0) is 11.3 Å². The minimum Gasteiger partial charge on any atom is -0.503 e. The number of rotatable bonds is 3. The lowest BCUT2D eigenvalue weighted by Crippen LogP contribution is -2.58. The molecule has 3 heterocycles. The second kappa shape index (κ2) is 7.11. The average molecular weight is 471 g/mol. The molecule has 2 aliphatic carbocycles. The molecule has 34 heavy (non-hydrogen) atoms. The maximum atomic E-state index is 14.1. The number of aromatic hydroxyl groups is 1. The Balaban J connectivity index is 1.31. The highest BCUT2D eigenvalue weighted by Gasteiger charge is 2.67. The Kier molecular flexibility index (Phi) is 4.45. The summed E-state index contributed by atoms with van der Waals surface area (Å²) in [7, 11) is 0. The van der Waals surface area contributed by atoms with Gasteiger partial charge in [0, 0.05) is 23.9 Å². The zero-order chi connectivity index (χ0) is 24.0. The quantitative estimate of drug-likeness (QED) is 0.715. The van der Waals surface area contributed by atoms with E-state index in [9.17, 15) is 28.3 Å². The minimum atomic E-state index is -0.984. The van der Waals surface area contributed by atoms with Gasteiger partial charge in [0.15, 0.2) is 17.7 Å². The number of halogens is 2. The van der Waals surface area contributed by atoms with Crippen LogP contribution in [0.15, 0.2) is 29.2 Å². The fourth-order valence-corrected chi connectivity index (χ4v) is 6.29. The molecule has 3 fully saturated rings. The Labute approximate surface area is 193 Å². The molecule has 1 aromatic heterocycles. The van der Waals surface area contributed by atoms with Gasteiger partial charge in [0.2, 0.25) is 5.43 Å². The number of hydrogen-bond donors (Lipinski definition) is 2. The molecule has 2 saturated carbocycles. The lowest BCUT2D eigenvalue weighted by atomic mass is 10.00. The number of hydrogen-bond acceptors (Lipinski definition) is 5. The molecular weight excluding hydrogens is 448 g/mol. The zero-order valence-corrected chi connectivity index (χ0v) is 18.5. The van der Waals surface area contributed by atoms with Crippen molar-refractivity contribution in [1.29, 1.82) is 0 Å². The molecule has 4 aliphatic rings. The molecule has 2 aliphatic heterocycles. The van der Waals surface area contributed by atoms with Gasteiger partial charge in [0.1, 0.15) is 17.2 Å². The standard InChI is InChI=1S/C24H23F2N3O5/c1-9-18-15-6-16(19(9)18)34-17-8-28-7-13(21(30)22(31)20(28)24(33)29(15)17)23(32)27-10(2)12-4-3-11(25)5-14(12)26/h3-5,7,9-10,15-19,31H,6,8H2,1-2H3,(H,27,32)/t9?,10-,15-,16?,17+,18?,19?/m1/s1. The van der Waals surface area contributed by atoms with E-state index in [0.717, 1.165) is 12.5 Å². The first-order valence-corrected chi connectivity index (χ1v) is 11.4. The number of pyridine rings is 1.